The van der Waals surface area contributed by atoms with E-state index in [1.54, 1.807) is 0 Å². The normalized spacial score (nSPS) is 17.0. The number of rotatable bonds is 5. The molecule has 3 rings (SSSR count). The number of para-hydroxylation sites is 1. The van der Waals surface area contributed by atoms with Crippen LogP contribution in [0.4, 0.5) is 5.69 Å². The number of benzene rings is 1. The lowest BCUT2D eigenvalue weighted by atomic mass is 9.89. The van der Waals surface area contributed by atoms with Gasteiger partial charge in [0.1, 0.15) is 0 Å². The maximum Gasteiger partial charge on any atom is 0.257 e. The van der Waals surface area contributed by atoms with Crippen LogP contribution in [0.15, 0.2) is 24.3 Å². The second-order valence-corrected chi connectivity index (χ2v) is 7.30. The summed E-state index contributed by atoms with van der Waals surface area (Å²) in [6.45, 7) is 0.879. The van der Waals surface area contributed by atoms with Gasteiger partial charge in [-0.25, -0.2) is 0 Å². The highest BCUT2D eigenvalue weighted by atomic mass is 16.2. The third-order valence-corrected chi connectivity index (χ3v) is 5.28. The van der Waals surface area contributed by atoms with E-state index in [0.29, 0.717) is 0 Å². The molecule has 1 aromatic carbocycles. The highest BCUT2D eigenvalue weighted by Crippen LogP contribution is 2.26. The number of amides is 3. The molecule has 2 aliphatic rings. The summed E-state index contributed by atoms with van der Waals surface area (Å²) in [4.78, 5) is 38.1. The SMILES string of the molecule is O=C(CNC(=O)C1CCCCC1)NNC(=O)CN1CCCc2ccccc21. The van der Waals surface area contributed by atoms with Crippen molar-refractivity contribution in [2.45, 2.75) is 44.9 Å². The van der Waals surface area contributed by atoms with Crippen LogP contribution in [0.5, 0.6) is 0 Å². The third kappa shape index (κ3) is 5.45. The molecule has 1 fully saturated rings. The van der Waals surface area contributed by atoms with Crippen LogP contribution in [-0.2, 0) is 20.8 Å². The number of hydrogen-bond donors (Lipinski definition) is 3. The molecule has 7 heteroatoms. The van der Waals surface area contributed by atoms with Gasteiger partial charge in [0, 0.05) is 18.2 Å². The van der Waals surface area contributed by atoms with Crippen molar-refractivity contribution in [2.75, 3.05) is 24.5 Å². The maximum atomic E-state index is 12.2. The second kappa shape index (κ2) is 9.39. The average molecular weight is 372 g/mol. The standard InChI is InChI=1S/C20H28N4O3/c25-18(13-21-20(27)16-8-2-1-3-9-16)22-23-19(26)14-24-12-6-10-15-7-4-5-11-17(15)24/h4-5,7,11,16H,1-3,6,8-10,12-14H2,(H,21,27)(H,22,25)(H,23,26). The Morgan fingerprint density at radius 3 is 2.52 bits per heavy atom. The molecule has 3 N–H and O–H groups in total. The van der Waals surface area contributed by atoms with Crippen molar-refractivity contribution < 1.29 is 14.4 Å². The Hall–Kier alpha value is -2.57. The second-order valence-electron chi connectivity index (χ2n) is 7.30. The molecule has 0 bridgehead atoms. The minimum Gasteiger partial charge on any atom is -0.362 e. The fourth-order valence-electron chi connectivity index (χ4n) is 3.85. The molecule has 1 aliphatic carbocycles. The fraction of sp³-hybridized carbons (Fsp3) is 0.550. The van der Waals surface area contributed by atoms with Crippen molar-refractivity contribution >= 4 is 23.4 Å². The average Bonchev–Trinajstić information content (AvgIpc) is 2.71. The summed E-state index contributed by atoms with van der Waals surface area (Å²) < 4.78 is 0. The summed E-state index contributed by atoms with van der Waals surface area (Å²) in [5.41, 5.74) is 7.12. The molecule has 1 aliphatic heterocycles. The van der Waals surface area contributed by atoms with Crippen LogP contribution in [0.1, 0.15) is 44.1 Å². The quantitative estimate of drug-likeness (QED) is 0.679. The molecular weight excluding hydrogens is 344 g/mol. The van der Waals surface area contributed by atoms with Gasteiger partial charge in [-0.15, -0.1) is 0 Å². The number of carbonyl (C=O) groups excluding carboxylic acids is 3. The van der Waals surface area contributed by atoms with E-state index in [2.05, 4.69) is 22.2 Å². The first-order valence-electron chi connectivity index (χ1n) is 9.82. The zero-order valence-corrected chi connectivity index (χ0v) is 15.6. The predicted octanol–water partition coefficient (Wildman–Crippen LogP) is 1.28. The molecular formula is C20H28N4O3. The lowest BCUT2D eigenvalue weighted by Gasteiger charge is -2.30. The van der Waals surface area contributed by atoms with Gasteiger partial charge < -0.3 is 10.2 Å². The molecule has 0 radical (unpaired) electrons. The van der Waals surface area contributed by atoms with Crippen molar-refractivity contribution in [3.8, 4) is 0 Å². The van der Waals surface area contributed by atoms with Crippen LogP contribution in [0, 0.1) is 5.92 Å². The number of carbonyl (C=O) groups is 3. The number of nitrogens with one attached hydrogen (secondary N) is 3. The Morgan fingerprint density at radius 1 is 0.963 bits per heavy atom. The molecule has 27 heavy (non-hydrogen) atoms. The molecule has 1 heterocycles. The number of aryl methyl sites for hydroxylation is 1. The molecule has 1 saturated carbocycles. The van der Waals surface area contributed by atoms with Crippen LogP contribution < -0.4 is 21.1 Å². The number of fused-ring (bicyclic) bond motifs is 1. The van der Waals surface area contributed by atoms with E-state index in [1.165, 1.54) is 12.0 Å². The maximum absolute atomic E-state index is 12.2. The Balaban J connectivity index is 1.38. The zero-order chi connectivity index (χ0) is 19.1. The van der Waals surface area contributed by atoms with Gasteiger partial charge in [0.05, 0.1) is 13.1 Å². The van der Waals surface area contributed by atoms with Gasteiger partial charge in [-0.3, -0.25) is 25.2 Å². The van der Waals surface area contributed by atoms with E-state index in [9.17, 15) is 14.4 Å². The summed E-state index contributed by atoms with van der Waals surface area (Å²) in [5, 5.41) is 2.66. The van der Waals surface area contributed by atoms with Gasteiger partial charge in [0.25, 0.3) is 11.8 Å². The third-order valence-electron chi connectivity index (χ3n) is 5.28. The van der Waals surface area contributed by atoms with Gasteiger partial charge in [-0.2, -0.15) is 0 Å². The molecule has 7 nitrogen and oxygen atoms in total. The number of nitrogens with zero attached hydrogens (tertiary/aromatic N) is 1. The van der Waals surface area contributed by atoms with Crippen LogP contribution in [0.2, 0.25) is 0 Å². The summed E-state index contributed by atoms with van der Waals surface area (Å²) in [5.74, 6) is -0.758. The van der Waals surface area contributed by atoms with Crippen LogP contribution in [-0.4, -0.2) is 37.4 Å². The van der Waals surface area contributed by atoms with E-state index in [4.69, 9.17) is 0 Å². The fourth-order valence-corrected chi connectivity index (χ4v) is 3.85. The molecule has 0 saturated heterocycles. The summed E-state index contributed by atoms with van der Waals surface area (Å²) in [6.07, 6.45) is 7.12. The van der Waals surface area contributed by atoms with Gasteiger partial charge in [0.2, 0.25) is 5.91 Å². The van der Waals surface area contributed by atoms with E-state index in [1.807, 2.05) is 23.1 Å². The van der Waals surface area contributed by atoms with Crippen molar-refractivity contribution in [2.24, 2.45) is 5.92 Å². The molecule has 0 spiro atoms. The minimum atomic E-state index is -0.424. The van der Waals surface area contributed by atoms with Gasteiger partial charge in [-0.1, -0.05) is 37.5 Å². The first-order chi connectivity index (χ1) is 13.1. The molecule has 146 valence electrons. The molecule has 0 unspecified atom stereocenters. The van der Waals surface area contributed by atoms with Gasteiger partial charge in [0.15, 0.2) is 0 Å². The molecule has 0 aromatic heterocycles. The van der Waals surface area contributed by atoms with Crippen LogP contribution in [0.3, 0.4) is 0 Å². The lowest BCUT2D eigenvalue weighted by Crippen LogP contribution is -2.50. The Kier molecular flexibility index (Phi) is 6.68. The molecule has 3 amide bonds. The molecule has 1 aromatic rings. The Labute approximate surface area is 159 Å². The van der Waals surface area contributed by atoms with Crippen LogP contribution >= 0.6 is 0 Å². The Morgan fingerprint density at radius 2 is 1.70 bits per heavy atom. The van der Waals surface area contributed by atoms with E-state index in [0.717, 1.165) is 50.8 Å². The highest BCUT2D eigenvalue weighted by Gasteiger charge is 2.22. The van der Waals surface area contributed by atoms with Gasteiger partial charge >= 0.3 is 0 Å². The van der Waals surface area contributed by atoms with Gasteiger partial charge in [-0.05, 0) is 37.3 Å². The summed E-state index contributed by atoms with van der Waals surface area (Å²) >= 11 is 0. The van der Waals surface area contributed by atoms with E-state index >= 15 is 0 Å². The number of hydrazine groups is 1. The highest BCUT2D eigenvalue weighted by molar-refractivity contribution is 5.88. The lowest BCUT2D eigenvalue weighted by molar-refractivity contribution is -0.130. The van der Waals surface area contributed by atoms with Crippen LogP contribution in [0.25, 0.3) is 0 Å². The first kappa shape index (κ1) is 19.2. The monoisotopic (exact) mass is 372 g/mol. The Bertz CT molecular complexity index is 686. The van der Waals surface area contributed by atoms with Crippen molar-refractivity contribution in [3.05, 3.63) is 29.8 Å². The minimum absolute atomic E-state index is 0.0142. The van der Waals surface area contributed by atoms with Crippen molar-refractivity contribution in [3.63, 3.8) is 0 Å². The topological polar surface area (TPSA) is 90.5 Å². The van der Waals surface area contributed by atoms with Crippen molar-refractivity contribution in [1.82, 2.24) is 16.2 Å². The van der Waals surface area contributed by atoms with E-state index in [-0.39, 0.29) is 30.8 Å². The number of anilines is 1. The number of hydrogen-bond acceptors (Lipinski definition) is 4. The smallest absolute Gasteiger partial charge is 0.257 e. The zero-order valence-electron chi connectivity index (χ0n) is 15.6. The first-order valence-corrected chi connectivity index (χ1v) is 9.82. The van der Waals surface area contributed by atoms with E-state index < -0.39 is 5.91 Å². The molecule has 0 atom stereocenters. The van der Waals surface area contributed by atoms with Crippen molar-refractivity contribution in [1.29, 1.82) is 0 Å². The largest absolute Gasteiger partial charge is 0.362 e. The summed E-state index contributed by atoms with van der Waals surface area (Å²) in [6, 6.07) is 8.06. The predicted molar refractivity (Wildman–Crippen MR) is 103 cm³/mol. The summed E-state index contributed by atoms with van der Waals surface area (Å²) in [7, 11) is 0.